The molecule has 84 valence electrons. The van der Waals surface area contributed by atoms with Crippen molar-refractivity contribution in [2.75, 3.05) is 18.1 Å². The van der Waals surface area contributed by atoms with E-state index < -0.39 is 0 Å². The Morgan fingerprint density at radius 2 is 2.13 bits per heavy atom. The number of carbonyl (C=O) groups excluding carboxylic acids is 1. The van der Waals surface area contributed by atoms with Gasteiger partial charge in [0.15, 0.2) is 11.5 Å². The van der Waals surface area contributed by atoms with Crippen LogP contribution in [0.25, 0.3) is 0 Å². The second kappa shape index (κ2) is 4.53. The SMILES string of the molecule is CNc1sc(C(C)=O)c(N)c1OC(C)C. The highest BCUT2D eigenvalue weighted by atomic mass is 32.1. The lowest BCUT2D eigenvalue weighted by Crippen LogP contribution is -2.08. The van der Waals surface area contributed by atoms with Crippen LogP contribution in [0.3, 0.4) is 0 Å². The topological polar surface area (TPSA) is 64.4 Å². The van der Waals surface area contributed by atoms with E-state index >= 15 is 0 Å². The molecule has 0 aliphatic carbocycles. The molecule has 0 bridgehead atoms. The molecule has 3 N–H and O–H groups in total. The van der Waals surface area contributed by atoms with Gasteiger partial charge in [-0.3, -0.25) is 4.79 Å². The van der Waals surface area contributed by atoms with Crippen LogP contribution in [0.4, 0.5) is 10.7 Å². The normalized spacial score (nSPS) is 10.5. The van der Waals surface area contributed by atoms with Crippen molar-refractivity contribution < 1.29 is 9.53 Å². The van der Waals surface area contributed by atoms with E-state index in [0.717, 1.165) is 5.00 Å². The molecule has 0 spiro atoms. The molecule has 1 aromatic heterocycles. The molecule has 15 heavy (non-hydrogen) atoms. The van der Waals surface area contributed by atoms with Gasteiger partial charge in [0.25, 0.3) is 0 Å². The van der Waals surface area contributed by atoms with E-state index in [1.165, 1.54) is 18.3 Å². The number of Topliss-reactive ketones (excluding diaryl/α,β-unsaturated/α-hetero) is 1. The molecule has 0 unspecified atom stereocenters. The number of hydrogen-bond acceptors (Lipinski definition) is 5. The zero-order valence-corrected chi connectivity index (χ0v) is 10.2. The molecular formula is C10H16N2O2S. The minimum atomic E-state index is -0.0346. The monoisotopic (exact) mass is 228 g/mol. The first-order valence-electron chi connectivity index (χ1n) is 4.75. The highest BCUT2D eigenvalue weighted by Crippen LogP contribution is 2.42. The molecule has 0 aliphatic heterocycles. The molecule has 0 fully saturated rings. The van der Waals surface area contributed by atoms with Crippen molar-refractivity contribution in [3.8, 4) is 5.75 Å². The van der Waals surface area contributed by atoms with Gasteiger partial charge in [0.05, 0.1) is 16.7 Å². The maximum absolute atomic E-state index is 11.3. The minimum Gasteiger partial charge on any atom is -0.486 e. The zero-order valence-electron chi connectivity index (χ0n) is 9.38. The Hall–Kier alpha value is -1.23. The fourth-order valence-corrected chi connectivity index (χ4v) is 2.11. The maximum atomic E-state index is 11.3. The molecule has 1 heterocycles. The summed E-state index contributed by atoms with van der Waals surface area (Å²) in [5, 5.41) is 3.78. The van der Waals surface area contributed by atoms with Gasteiger partial charge in [-0.05, 0) is 13.8 Å². The summed E-state index contributed by atoms with van der Waals surface area (Å²) in [5.41, 5.74) is 6.29. The maximum Gasteiger partial charge on any atom is 0.177 e. The fourth-order valence-electron chi connectivity index (χ4n) is 1.21. The summed E-state index contributed by atoms with van der Waals surface area (Å²) in [5.74, 6) is 0.551. The van der Waals surface area contributed by atoms with Crippen LogP contribution in [0.2, 0.25) is 0 Å². The van der Waals surface area contributed by atoms with E-state index in [1.54, 1.807) is 7.05 Å². The number of anilines is 2. The predicted octanol–water partition coefficient (Wildman–Crippen LogP) is 2.36. The van der Waals surface area contributed by atoms with Crippen LogP contribution >= 0.6 is 11.3 Å². The predicted molar refractivity (Wildman–Crippen MR) is 64.0 cm³/mol. The lowest BCUT2D eigenvalue weighted by molar-refractivity contribution is 0.102. The molecular weight excluding hydrogens is 212 g/mol. The van der Waals surface area contributed by atoms with E-state index in [2.05, 4.69) is 5.32 Å². The van der Waals surface area contributed by atoms with Crippen molar-refractivity contribution in [2.24, 2.45) is 0 Å². The van der Waals surface area contributed by atoms with Gasteiger partial charge in [0.1, 0.15) is 5.00 Å². The first kappa shape index (κ1) is 11.8. The van der Waals surface area contributed by atoms with Gasteiger partial charge in [-0.15, -0.1) is 11.3 Å². The van der Waals surface area contributed by atoms with Crippen LogP contribution in [-0.4, -0.2) is 18.9 Å². The summed E-state index contributed by atoms with van der Waals surface area (Å²) in [6.45, 7) is 5.34. The van der Waals surface area contributed by atoms with E-state index in [0.29, 0.717) is 16.3 Å². The quantitative estimate of drug-likeness (QED) is 0.776. The third-order valence-corrected chi connectivity index (χ3v) is 3.11. The molecule has 0 atom stereocenters. The van der Waals surface area contributed by atoms with Gasteiger partial charge in [-0.25, -0.2) is 0 Å². The molecule has 0 aromatic carbocycles. The summed E-state index contributed by atoms with van der Waals surface area (Å²) in [4.78, 5) is 11.8. The van der Waals surface area contributed by atoms with Crippen LogP contribution in [0.15, 0.2) is 0 Å². The summed E-state index contributed by atoms with van der Waals surface area (Å²) in [6, 6.07) is 0. The number of carbonyl (C=O) groups is 1. The Morgan fingerprint density at radius 1 is 1.53 bits per heavy atom. The number of rotatable bonds is 4. The molecule has 1 aromatic rings. The molecule has 0 saturated heterocycles. The van der Waals surface area contributed by atoms with E-state index in [1.807, 2.05) is 13.8 Å². The van der Waals surface area contributed by atoms with E-state index in [4.69, 9.17) is 10.5 Å². The first-order valence-corrected chi connectivity index (χ1v) is 5.56. The van der Waals surface area contributed by atoms with Crippen LogP contribution in [-0.2, 0) is 0 Å². The molecule has 0 amide bonds. The molecule has 5 heteroatoms. The number of nitrogens with one attached hydrogen (secondary N) is 1. The van der Waals surface area contributed by atoms with E-state index in [9.17, 15) is 4.79 Å². The zero-order chi connectivity index (χ0) is 11.6. The highest BCUT2D eigenvalue weighted by molar-refractivity contribution is 7.19. The Morgan fingerprint density at radius 3 is 2.53 bits per heavy atom. The molecule has 0 saturated carbocycles. The van der Waals surface area contributed by atoms with Crippen molar-refractivity contribution in [3.63, 3.8) is 0 Å². The smallest absolute Gasteiger partial charge is 0.177 e. The largest absolute Gasteiger partial charge is 0.486 e. The van der Waals surface area contributed by atoms with Crippen molar-refractivity contribution >= 4 is 27.8 Å². The standard InChI is InChI=1S/C10H16N2O2S/c1-5(2)14-8-7(11)9(6(3)13)15-10(8)12-4/h5,12H,11H2,1-4H3. The Balaban J connectivity index is 3.17. The molecule has 0 radical (unpaired) electrons. The van der Waals surface area contributed by atoms with Crippen LogP contribution in [0.5, 0.6) is 5.75 Å². The summed E-state index contributed by atoms with van der Waals surface area (Å²) >= 11 is 1.33. The third kappa shape index (κ3) is 2.41. The van der Waals surface area contributed by atoms with Crippen molar-refractivity contribution in [1.82, 2.24) is 0 Å². The molecule has 4 nitrogen and oxygen atoms in total. The van der Waals surface area contributed by atoms with Crippen molar-refractivity contribution in [1.29, 1.82) is 0 Å². The van der Waals surface area contributed by atoms with Gasteiger partial charge >= 0.3 is 0 Å². The first-order chi connectivity index (χ1) is 6.97. The van der Waals surface area contributed by atoms with Crippen LogP contribution in [0.1, 0.15) is 30.4 Å². The second-order valence-corrected chi connectivity index (χ2v) is 4.50. The van der Waals surface area contributed by atoms with Crippen molar-refractivity contribution in [2.45, 2.75) is 26.9 Å². The van der Waals surface area contributed by atoms with Gasteiger partial charge < -0.3 is 15.8 Å². The Labute approximate surface area is 93.4 Å². The number of ether oxygens (including phenoxy) is 1. The summed E-state index contributed by atoms with van der Waals surface area (Å²) < 4.78 is 5.57. The molecule has 1 rings (SSSR count). The number of nitrogens with two attached hydrogens (primary N) is 1. The highest BCUT2D eigenvalue weighted by Gasteiger charge is 2.19. The number of thiophene rings is 1. The number of nitrogen functional groups attached to an aromatic ring is 1. The van der Waals surface area contributed by atoms with E-state index in [-0.39, 0.29) is 11.9 Å². The molecule has 0 aliphatic rings. The average Bonchev–Trinajstić information content (AvgIpc) is 2.43. The average molecular weight is 228 g/mol. The minimum absolute atomic E-state index is 0.0346. The Bertz CT molecular complexity index is 372. The number of ketones is 1. The van der Waals surface area contributed by atoms with Gasteiger partial charge in [0.2, 0.25) is 0 Å². The second-order valence-electron chi connectivity index (χ2n) is 3.48. The lowest BCUT2D eigenvalue weighted by atomic mass is 10.3. The van der Waals surface area contributed by atoms with Gasteiger partial charge in [-0.2, -0.15) is 0 Å². The third-order valence-electron chi connectivity index (χ3n) is 1.80. The number of hydrogen-bond donors (Lipinski definition) is 2. The summed E-state index contributed by atoms with van der Waals surface area (Å²) in [6.07, 6.45) is 0.0359. The Kier molecular flexibility index (Phi) is 3.57. The van der Waals surface area contributed by atoms with Crippen molar-refractivity contribution in [3.05, 3.63) is 4.88 Å². The van der Waals surface area contributed by atoms with Crippen LogP contribution < -0.4 is 15.8 Å². The summed E-state index contributed by atoms with van der Waals surface area (Å²) in [7, 11) is 1.78. The van der Waals surface area contributed by atoms with Gasteiger partial charge in [0, 0.05) is 14.0 Å². The lowest BCUT2D eigenvalue weighted by Gasteiger charge is -2.10. The van der Waals surface area contributed by atoms with Gasteiger partial charge in [-0.1, -0.05) is 0 Å². The van der Waals surface area contributed by atoms with Crippen LogP contribution in [0, 0.1) is 0 Å². The fraction of sp³-hybridized carbons (Fsp3) is 0.500.